The Hall–Kier alpha value is -0.570. The predicted octanol–water partition coefficient (Wildman–Crippen LogP) is 0.982. The summed E-state index contributed by atoms with van der Waals surface area (Å²) in [6.07, 6.45) is 6.37. The van der Waals surface area contributed by atoms with Crippen molar-refractivity contribution in [1.82, 2.24) is 4.90 Å². The van der Waals surface area contributed by atoms with Gasteiger partial charge in [0.2, 0.25) is 5.91 Å². The minimum atomic E-state index is -0.142. The molecule has 80 valence electrons. The van der Waals surface area contributed by atoms with Crippen molar-refractivity contribution in [2.24, 2.45) is 17.6 Å². The van der Waals surface area contributed by atoms with Gasteiger partial charge in [-0.25, -0.2) is 0 Å². The lowest BCUT2D eigenvalue weighted by Gasteiger charge is -2.43. The van der Waals surface area contributed by atoms with Crippen LogP contribution in [-0.2, 0) is 4.79 Å². The number of likely N-dealkylation sites (N-methyl/N-ethyl adjacent to an activating group) is 1. The van der Waals surface area contributed by atoms with Crippen LogP contribution in [0.3, 0.4) is 0 Å². The molecular weight excluding hydrogens is 176 g/mol. The number of primary amides is 1. The first-order valence-electron chi connectivity index (χ1n) is 5.68. The van der Waals surface area contributed by atoms with Gasteiger partial charge in [0.05, 0.1) is 6.04 Å². The molecule has 1 saturated heterocycles. The average Bonchev–Trinajstić information content (AvgIpc) is 2.16. The van der Waals surface area contributed by atoms with Gasteiger partial charge in [0.15, 0.2) is 0 Å². The Morgan fingerprint density at radius 3 is 2.57 bits per heavy atom. The normalized spacial score (nSPS) is 39.1. The number of carbonyl (C=O) groups excluding carboxylic acids is 1. The van der Waals surface area contributed by atoms with E-state index >= 15 is 0 Å². The predicted molar refractivity (Wildman–Crippen MR) is 55.7 cm³/mol. The first kappa shape index (κ1) is 9.97. The van der Waals surface area contributed by atoms with Crippen molar-refractivity contribution in [2.45, 2.75) is 38.1 Å². The number of hydrogen-bond acceptors (Lipinski definition) is 2. The highest BCUT2D eigenvalue weighted by Gasteiger charge is 2.37. The molecule has 2 rings (SSSR count). The van der Waals surface area contributed by atoms with E-state index in [1.807, 2.05) is 7.05 Å². The third-order valence-electron chi connectivity index (χ3n) is 3.98. The quantitative estimate of drug-likeness (QED) is 0.679. The van der Waals surface area contributed by atoms with E-state index in [0.29, 0.717) is 0 Å². The number of amides is 1. The summed E-state index contributed by atoms with van der Waals surface area (Å²) < 4.78 is 0. The number of fused-ring (bicyclic) bond motifs is 1. The topological polar surface area (TPSA) is 46.3 Å². The summed E-state index contributed by atoms with van der Waals surface area (Å²) in [6.45, 7) is 1.07. The van der Waals surface area contributed by atoms with Gasteiger partial charge in [0, 0.05) is 6.54 Å². The van der Waals surface area contributed by atoms with Crippen LogP contribution >= 0.6 is 0 Å². The lowest BCUT2D eigenvalue weighted by molar-refractivity contribution is -0.125. The van der Waals surface area contributed by atoms with Gasteiger partial charge in [-0.2, -0.15) is 0 Å². The molecule has 2 fully saturated rings. The SMILES string of the molecule is CN1C[C@H]2CCCC[C@H]2C[C@H]1C(N)=O. The van der Waals surface area contributed by atoms with Crippen LogP contribution < -0.4 is 5.73 Å². The Morgan fingerprint density at radius 2 is 1.93 bits per heavy atom. The van der Waals surface area contributed by atoms with E-state index in [0.717, 1.165) is 24.8 Å². The third kappa shape index (κ3) is 1.78. The van der Waals surface area contributed by atoms with Gasteiger partial charge in [-0.15, -0.1) is 0 Å². The molecule has 1 saturated carbocycles. The van der Waals surface area contributed by atoms with E-state index < -0.39 is 0 Å². The van der Waals surface area contributed by atoms with Crippen molar-refractivity contribution < 1.29 is 4.79 Å². The van der Waals surface area contributed by atoms with Gasteiger partial charge in [0.25, 0.3) is 0 Å². The van der Waals surface area contributed by atoms with Gasteiger partial charge < -0.3 is 5.73 Å². The number of rotatable bonds is 1. The molecule has 0 bridgehead atoms. The molecule has 3 heteroatoms. The zero-order valence-corrected chi connectivity index (χ0v) is 8.91. The Morgan fingerprint density at radius 1 is 1.29 bits per heavy atom. The average molecular weight is 196 g/mol. The molecule has 2 N–H and O–H groups in total. The molecule has 0 aromatic rings. The monoisotopic (exact) mass is 196 g/mol. The number of nitrogens with two attached hydrogens (primary N) is 1. The highest BCUT2D eigenvalue weighted by Crippen LogP contribution is 2.37. The van der Waals surface area contributed by atoms with Crippen LogP contribution in [-0.4, -0.2) is 30.4 Å². The van der Waals surface area contributed by atoms with Gasteiger partial charge >= 0.3 is 0 Å². The Kier molecular flexibility index (Phi) is 2.77. The largest absolute Gasteiger partial charge is 0.368 e. The molecule has 0 aromatic carbocycles. The third-order valence-corrected chi connectivity index (χ3v) is 3.98. The molecule has 1 aliphatic heterocycles. The minimum absolute atomic E-state index is 0.00523. The van der Waals surface area contributed by atoms with E-state index in [-0.39, 0.29) is 11.9 Å². The van der Waals surface area contributed by atoms with Crippen molar-refractivity contribution >= 4 is 5.91 Å². The highest BCUT2D eigenvalue weighted by molar-refractivity contribution is 5.79. The summed E-state index contributed by atoms with van der Waals surface area (Å²) in [4.78, 5) is 13.4. The summed E-state index contributed by atoms with van der Waals surface area (Å²) >= 11 is 0. The van der Waals surface area contributed by atoms with Gasteiger partial charge in [0.1, 0.15) is 0 Å². The van der Waals surface area contributed by atoms with Crippen molar-refractivity contribution in [2.75, 3.05) is 13.6 Å². The molecule has 0 unspecified atom stereocenters. The molecule has 1 aliphatic carbocycles. The summed E-state index contributed by atoms with van der Waals surface area (Å²) in [5, 5.41) is 0. The van der Waals surface area contributed by atoms with Crippen LogP contribution in [0.1, 0.15) is 32.1 Å². The van der Waals surface area contributed by atoms with Gasteiger partial charge in [-0.1, -0.05) is 19.3 Å². The summed E-state index contributed by atoms with van der Waals surface area (Å²) in [6, 6.07) is -0.00523. The Balaban J connectivity index is 2.03. The second-order valence-corrected chi connectivity index (χ2v) is 4.90. The lowest BCUT2D eigenvalue weighted by atomic mass is 9.73. The van der Waals surface area contributed by atoms with E-state index in [2.05, 4.69) is 4.90 Å². The zero-order chi connectivity index (χ0) is 10.1. The standard InChI is InChI=1S/C11H20N2O/c1-13-7-9-5-3-2-4-8(9)6-10(13)11(12)14/h8-10H,2-7H2,1H3,(H2,12,14)/t8-,9+,10-/m0/s1. The fourth-order valence-corrected chi connectivity index (χ4v) is 3.13. The van der Waals surface area contributed by atoms with Crippen LogP contribution in [0.25, 0.3) is 0 Å². The summed E-state index contributed by atoms with van der Waals surface area (Å²) in [5.41, 5.74) is 5.40. The molecule has 0 spiro atoms. The maximum absolute atomic E-state index is 11.2. The molecule has 3 nitrogen and oxygen atoms in total. The second kappa shape index (κ2) is 3.89. The van der Waals surface area contributed by atoms with Crippen LogP contribution in [0.2, 0.25) is 0 Å². The van der Waals surface area contributed by atoms with Crippen LogP contribution in [0, 0.1) is 11.8 Å². The highest BCUT2D eigenvalue weighted by atomic mass is 16.1. The second-order valence-electron chi connectivity index (χ2n) is 4.90. The van der Waals surface area contributed by atoms with E-state index in [4.69, 9.17) is 5.73 Å². The van der Waals surface area contributed by atoms with Crippen molar-refractivity contribution in [1.29, 1.82) is 0 Å². The molecule has 2 aliphatic rings. The minimum Gasteiger partial charge on any atom is -0.368 e. The molecule has 14 heavy (non-hydrogen) atoms. The Labute approximate surface area is 85.6 Å². The molecule has 1 heterocycles. The number of piperidine rings is 1. The smallest absolute Gasteiger partial charge is 0.234 e. The van der Waals surface area contributed by atoms with Crippen LogP contribution in [0.5, 0.6) is 0 Å². The van der Waals surface area contributed by atoms with Crippen molar-refractivity contribution in [3.8, 4) is 0 Å². The van der Waals surface area contributed by atoms with Crippen LogP contribution in [0.15, 0.2) is 0 Å². The van der Waals surface area contributed by atoms with E-state index in [1.54, 1.807) is 0 Å². The summed E-state index contributed by atoms with van der Waals surface area (Å²) in [7, 11) is 2.03. The maximum atomic E-state index is 11.2. The number of hydrogen-bond donors (Lipinski definition) is 1. The number of nitrogens with zero attached hydrogens (tertiary/aromatic N) is 1. The Bertz CT molecular complexity index is 229. The molecule has 0 radical (unpaired) electrons. The first-order chi connectivity index (χ1) is 6.68. The first-order valence-corrected chi connectivity index (χ1v) is 5.68. The summed E-state index contributed by atoms with van der Waals surface area (Å²) in [5.74, 6) is 1.44. The molecule has 0 aromatic heterocycles. The number of likely N-dealkylation sites (tertiary alicyclic amines) is 1. The van der Waals surface area contributed by atoms with Crippen LogP contribution in [0.4, 0.5) is 0 Å². The van der Waals surface area contributed by atoms with Crippen molar-refractivity contribution in [3.05, 3.63) is 0 Å². The molecular formula is C11H20N2O. The fourth-order valence-electron chi connectivity index (χ4n) is 3.13. The molecule has 3 atom stereocenters. The van der Waals surface area contributed by atoms with Gasteiger partial charge in [-0.05, 0) is 31.7 Å². The molecule has 1 amide bonds. The number of carbonyl (C=O) groups is 1. The van der Waals surface area contributed by atoms with E-state index in [1.165, 1.54) is 25.7 Å². The van der Waals surface area contributed by atoms with Crippen molar-refractivity contribution in [3.63, 3.8) is 0 Å². The zero-order valence-electron chi connectivity index (χ0n) is 8.91. The van der Waals surface area contributed by atoms with E-state index in [9.17, 15) is 4.79 Å². The fraction of sp³-hybridized carbons (Fsp3) is 0.909. The lowest BCUT2D eigenvalue weighted by Crippen LogP contribution is -2.51. The maximum Gasteiger partial charge on any atom is 0.234 e. The van der Waals surface area contributed by atoms with Gasteiger partial charge in [-0.3, -0.25) is 9.69 Å².